The van der Waals surface area contributed by atoms with Crippen LogP contribution in [-0.4, -0.2) is 50.1 Å². The normalized spacial score (nSPS) is 14.3. The van der Waals surface area contributed by atoms with Crippen molar-refractivity contribution in [2.45, 2.75) is 31.7 Å². The molecule has 0 aliphatic carbocycles. The van der Waals surface area contributed by atoms with E-state index < -0.39 is 0 Å². The molecule has 30 heavy (non-hydrogen) atoms. The van der Waals surface area contributed by atoms with E-state index in [-0.39, 0.29) is 30.1 Å². The fourth-order valence-corrected chi connectivity index (χ4v) is 3.63. The van der Waals surface area contributed by atoms with Crippen LogP contribution in [0.25, 0.3) is 0 Å². The van der Waals surface area contributed by atoms with Crippen molar-refractivity contribution in [3.05, 3.63) is 59.4 Å². The zero-order valence-corrected chi connectivity index (χ0v) is 17.3. The first-order chi connectivity index (χ1) is 14.5. The van der Waals surface area contributed by atoms with Crippen molar-refractivity contribution in [3.8, 4) is 11.5 Å². The van der Waals surface area contributed by atoms with Gasteiger partial charge in [0.15, 0.2) is 11.5 Å². The number of carbonyl (C=O) groups is 2. The minimum absolute atomic E-state index is 0.0209. The lowest BCUT2D eigenvalue weighted by molar-refractivity contribution is -0.122. The van der Waals surface area contributed by atoms with Gasteiger partial charge in [0.25, 0.3) is 5.91 Å². The van der Waals surface area contributed by atoms with E-state index in [9.17, 15) is 14.0 Å². The van der Waals surface area contributed by atoms with Crippen molar-refractivity contribution in [2.24, 2.45) is 0 Å². The van der Waals surface area contributed by atoms with Crippen LogP contribution in [0.1, 0.15) is 35.2 Å². The molecule has 0 unspecified atom stereocenters. The molecule has 7 heteroatoms. The highest BCUT2D eigenvalue weighted by Crippen LogP contribution is 2.28. The molecule has 0 bridgehead atoms. The molecular formula is C23H27FN2O4. The van der Waals surface area contributed by atoms with Crippen molar-refractivity contribution in [3.63, 3.8) is 0 Å². The van der Waals surface area contributed by atoms with E-state index in [4.69, 9.17) is 9.47 Å². The van der Waals surface area contributed by atoms with E-state index in [0.717, 1.165) is 0 Å². The minimum atomic E-state index is -0.285. The summed E-state index contributed by atoms with van der Waals surface area (Å²) in [5.74, 6) is 0.640. The molecule has 0 spiro atoms. The standard InChI is InChI=1S/C23H27FN2O4/c1-29-20-9-7-17(15-21(20)30-2)23(28)26-13-11-18(12-14-26)25-22(27)10-8-16-5-3-4-6-19(16)24/h3-7,9,15,18H,8,10-14H2,1-2H3,(H,25,27). The summed E-state index contributed by atoms with van der Waals surface area (Å²) in [6, 6.07) is 11.6. The smallest absolute Gasteiger partial charge is 0.253 e. The van der Waals surface area contributed by atoms with E-state index in [1.807, 2.05) is 0 Å². The lowest BCUT2D eigenvalue weighted by Gasteiger charge is -2.32. The summed E-state index contributed by atoms with van der Waals surface area (Å²) in [6.07, 6.45) is 1.98. The number of likely N-dealkylation sites (tertiary alicyclic amines) is 1. The second-order valence-electron chi connectivity index (χ2n) is 7.30. The molecule has 0 saturated carbocycles. The van der Waals surface area contributed by atoms with E-state index in [2.05, 4.69) is 5.32 Å². The molecule has 6 nitrogen and oxygen atoms in total. The zero-order chi connectivity index (χ0) is 21.5. The van der Waals surface area contributed by atoms with Crippen molar-refractivity contribution >= 4 is 11.8 Å². The van der Waals surface area contributed by atoms with Crippen molar-refractivity contribution < 1.29 is 23.5 Å². The van der Waals surface area contributed by atoms with Gasteiger partial charge in [-0.15, -0.1) is 0 Å². The Hall–Kier alpha value is -3.09. The Morgan fingerprint density at radius 3 is 2.43 bits per heavy atom. The van der Waals surface area contributed by atoms with E-state index >= 15 is 0 Å². The Morgan fingerprint density at radius 1 is 1.07 bits per heavy atom. The number of amides is 2. The molecule has 1 aliphatic heterocycles. The maximum atomic E-state index is 13.7. The first-order valence-corrected chi connectivity index (χ1v) is 10.1. The Labute approximate surface area is 176 Å². The van der Waals surface area contributed by atoms with Crippen LogP contribution in [0.3, 0.4) is 0 Å². The Morgan fingerprint density at radius 2 is 1.77 bits per heavy atom. The number of carbonyl (C=O) groups excluding carboxylic acids is 2. The number of piperidine rings is 1. The Bertz CT molecular complexity index is 895. The highest BCUT2D eigenvalue weighted by Gasteiger charge is 2.25. The van der Waals surface area contributed by atoms with Crippen LogP contribution in [0.15, 0.2) is 42.5 Å². The van der Waals surface area contributed by atoms with Crippen LogP contribution in [0.5, 0.6) is 11.5 Å². The summed E-state index contributed by atoms with van der Waals surface area (Å²) in [5.41, 5.74) is 1.09. The van der Waals surface area contributed by atoms with Gasteiger partial charge in [0.05, 0.1) is 14.2 Å². The highest BCUT2D eigenvalue weighted by molar-refractivity contribution is 5.95. The number of nitrogens with one attached hydrogen (secondary N) is 1. The molecule has 2 aromatic rings. The van der Waals surface area contributed by atoms with Gasteiger partial charge in [-0.2, -0.15) is 0 Å². The van der Waals surface area contributed by atoms with Crippen LogP contribution >= 0.6 is 0 Å². The summed E-state index contributed by atoms with van der Waals surface area (Å²) < 4.78 is 24.1. The minimum Gasteiger partial charge on any atom is -0.493 e. The number of methoxy groups -OCH3 is 2. The number of halogens is 1. The number of aryl methyl sites for hydroxylation is 1. The Kier molecular flexibility index (Phi) is 7.27. The van der Waals surface area contributed by atoms with Gasteiger partial charge < -0.3 is 19.7 Å². The summed E-state index contributed by atoms with van der Waals surface area (Å²) >= 11 is 0. The molecule has 0 atom stereocenters. The van der Waals surface area contributed by atoms with Gasteiger partial charge >= 0.3 is 0 Å². The first kappa shape index (κ1) is 21.6. The predicted molar refractivity (Wildman–Crippen MR) is 111 cm³/mol. The molecule has 1 N–H and O–H groups in total. The number of ether oxygens (including phenoxy) is 2. The third-order valence-corrected chi connectivity index (χ3v) is 5.36. The zero-order valence-electron chi connectivity index (χ0n) is 17.3. The molecule has 0 radical (unpaired) electrons. The van der Waals surface area contributed by atoms with Gasteiger partial charge in [-0.25, -0.2) is 4.39 Å². The summed E-state index contributed by atoms with van der Waals surface area (Å²) in [5, 5.41) is 3.01. The molecule has 3 rings (SSSR count). The number of hydrogen-bond donors (Lipinski definition) is 1. The van der Waals surface area contributed by atoms with Gasteiger partial charge in [-0.3, -0.25) is 9.59 Å². The highest BCUT2D eigenvalue weighted by atomic mass is 19.1. The number of hydrogen-bond acceptors (Lipinski definition) is 4. The van der Waals surface area contributed by atoms with Crippen molar-refractivity contribution in [1.82, 2.24) is 10.2 Å². The maximum absolute atomic E-state index is 13.7. The fourth-order valence-electron chi connectivity index (χ4n) is 3.63. The third-order valence-electron chi connectivity index (χ3n) is 5.36. The summed E-state index contributed by atoms with van der Waals surface area (Å²) in [7, 11) is 3.08. The second kappa shape index (κ2) is 10.1. The lowest BCUT2D eigenvalue weighted by Crippen LogP contribution is -2.46. The second-order valence-corrected chi connectivity index (χ2v) is 7.30. The largest absolute Gasteiger partial charge is 0.493 e. The number of rotatable bonds is 7. The molecule has 1 aliphatic rings. The Balaban J connectivity index is 1.48. The topological polar surface area (TPSA) is 67.9 Å². The van der Waals surface area contributed by atoms with Gasteiger partial charge in [0.1, 0.15) is 5.82 Å². The maximum Gasteiger partial charge on any atom is 0.253 e. The molecule has 160 valence electrons. The molecule has 1 fully saturated rings. The monoisotopic (exact) mass is 414 g/mol. The van der Waals surface area contributed by atoms with Gasteiger partial charge in [0, 0.05) is 31.1 Å². The van der Waals surface area contributed by atoms with Crippen LogP contribution in [0.2, 0.25) is 0 Å². The quantitative estimate of drug-likeness (QED) is 0.756. The van der Waals surface area contributed by atoms with Crippen LogP contribution in [0, 0.1) is 5.82 Å². The number of nitrogens with zero attached hydrogens (tertiary/aromatic N) is 1. The van der Waals surface area contributed by atoms with E-state index in [1.165, 1.54) is 13.2 Å². The van der Waals surface area contributed by atoms with Crippen molar-refractivity contribution in [2.75, 3.05) is 27.3 Å². The molecule has 2 amide bonds. The molecule has 1 saturated heterocycles. The predicted octanol–water partition coefficient (Wildman–Crippen LogP) is 3.20. The van der Waals surface area contributed by atoms with Gasteiger partial charge in [0.2, 0.25) is 5.91 Å². The van der Waals surface area contributed by atoms with Crippen molar-refractivity contribution in [1.29, 1.82) is 0 Å². The average Bonchev–Trinajstić information content (AvgIpc) is 2.78. The lowest BCUT2D eigenvalue weighted by atomic mass is 10.0. The fraction of sp³-hybridized carbons (Fsp3) is 0.391. The van der Waals surface area contributed by atoms with Gasteiger partial charge in [-0.1, -0.05) is 18.2 Å². The third kappa shape index (κ3) is 5.28. The van der Waals surface area contributed by atoms with Crippen LogP contribution < -0.4 is 14.8 Å². The van der Waals surface area contributed by atoms with E-state index in [0.29, 0.717) is 55.0 Å². The van der Waals surface area contributed by atoms with Crippen LogP contribution in [-0.2, 0) is 11.2 Å². The first-order valence-electron chi connectivity index (χ1n) is 10.1. The summed E-state index contributed by atoms with van der Waals surface area (Å²) in [6.45, 7) is 1.12. The SMILES string of the molecule is COc1ccc(C(=O)N2CCC(NC(=O)CCc3ccccc3F)CC2)cc1OC. The molecule has 0 aromatic heterocycles. The molecule has 2 aromatic carbocycles. The molecule has 1 heterocycles. The molecular weight excluding hydrogens is 387 g/mol. The summed E-state index contributed by atoms with van der Waals surface area (Å²) in [4.78, 5) is 26.8. The number of benzene rings is 2. The van der Waals surface area contributed by atoms with Gasteiger partial charge in [-0.05, 0) is 49.1 Å². The average molecular weight is 414 g/mol. The van der Waals surface area contributed by atoms with Crippen LogP contribution in [0.4, 0.5) is 4.39 Å². The van der Waals surface area contributed by atoms with E-state index in [1.54, 1.807) is 48.4 Å².